The van der Waals surface area contributed by atoms with Gasteiger partial charge in [-0.05, 0) is 13.1 Å². The molecular weight excluding hydrogens is 320 g/mol. The van der Waals surface area contributed by atoms with Crippen LogP contribution in [-0.4, -0.2) is 60.0 Å². The van der Waals surface area contributed by atoms with Crippen LogP contribution in [-0.2, 0) is 13.1 Å². The first kappa shape index (κ1) is 17.0. The molecule has 0 radical (unpaired) electrons. The fraction of sp³-hybridized carbons (Fsp3) is 0.438. The van der Waals surface area contributed by atoms with Crippen molar-refractivity contribution in [2.24, 2.45) is 0 Å². The molecule has 0 atom stereocenters. The van der Waals surface area contributed by atoms with Gasteiger partial charge in [0.1, 0.15) is 5.56 Å². The highest BCUT2D eigenvalue weighted by molar-refractivity contribution is 5.99. The number of fused-ring (bicyclic) bond motifs is 1. The lowest BCUT2D eigenvalue weighted by Gasteiger charge is -2.17. The van der Waals surface area contributed by atoms with E-state index in [1.807, 2.05) is 12.4 Å². The average molecular weight is 342 g/mol. The zero-order valence-corrected chi connectivity index (χ0v) is 14.5. The van der Waals surface area contributed by atoms with Crippen molar-refractivity contribution in [2.75, 3.05) is 19.6 Å². The Morgan fingerprint density at radius 2 is 2.12 bits per heavy atom. The van der Waals surface area contributed by atoms with Crippen molar-refractivity contribution >= 4 is 11.6 Å². The van der Waals surface area contributed by atoms with Crippen LogP contribution in [0.2, 0.25) is 0 Å². The summed E-state index contributed by atoms with van der Waals surface area (Å²) < 4.78 is 3.32. The molecule has 3 rings (SSSR count). The Balaban J connectivity index is 1.66. The van der Waals surface area contributed by atoms with Crippen molar-refractivity contribution in [3.63, 3.8) is 0 Å². The third-order valence-electron chi connectivity index (χ3n) is 4.05. The molecule has 0 aliphatic heterocycles. The molecule has 3 aromatic rings. The first-order chi connectivity index (χ1) is 12.2. The Morgan fingerprint density at radius 3 is 2.84 bits per heavy atom. The molecule has 0 aliphatic rings. The van der Waals surface area contributed by atoms with E-state index in [2.05, 4.69) is 44.5 Å². The smallest absolute Gasteiger partial charge is 0.256 e. The van der Waals surface area contributed by atoms with E-state index in [0.717, 1.165) is 25.2 Å². The second kappa shape index (κ2) is 7.84. The molecule has 0 saturated heterocycles. The lowest BCUT2D eigenvalue weighted by atomic mass is 10.3. The van der Waals surface area contributed by atoms with Crippen LogP contribution in [0.25, 0.3) is 5.65 Å². The van der Waals surface area contributed by atoms with Crippen LogP contribution in [0.5, 0.6) is 0 Å². The van der Waals surface area contributed by atoms with Crippen LogP contribution < -0.4 is 5.32 Å². The molecule has 0 unspecified atom stereocenters. The van der Waals surface area contributed by atoms with Gasteiger partial charge in [0.15, 0.2) is 5.65 Å². The summed E-state index contributed by atoms with van der Waals surface area (Å²) in [6, 6.07) is 0. The highest BCUT2D eigenvalue weighted by Crippen LogP contribution is 2.10. The maximum absolute atomic E-state index is 12.3. The van der Waals surface area contributed by atoms with Crippen molar-refractivity contribution in [1.29, 1.82) is 0 Å². The van der Waals surface area contributed by atoms with E-state index in [4.69, 9.17) is 0 Å². The zero-order valence-electron chi connectivity index (χ0n) is 14.5. The van der Waals surface area contributed by atoms with E-state index in [0.29, 0.717) is 24.3 Å². The number of hydrogen-bond acceptors (Lipinski definition) is 6. The average Bonchev–Trinajstić information content (AvgIpc) is 3.28. The van der Waals surface area contributed by atoms with Crippen LogP contribution in [0.4, 0.5) is 0 Å². The van der Waals surface area contributed by atoms with Gasteiger partial charge in [0.05, 0.1) is 18.9 Å². The molecule has 3 heterocycles. The Morgan fingerprint density at radius 1 is 1.28 bits per heavy atom. The van der Waals surface area contributed by atoms with Gasteiger partial charge < -0.3 is 5.32 Å². The Bertz CT molecular complexity index is 822. The second-order valence-electron chi connectivity index (χ2n) is 5.67. The van der Waals surface area contributed by atoms with Crippen molar-refractivity contribution < 1.29 is 4.79 Å². The first-order valence-electron chi connectivity index (χ1n) is 8.38. The molecule has 1 amide bonds. The molecule has 0 spiro atoms. The molecule has 9 heteroatoms. The Kier molecular flexibility index (Phi) is 5.34. The van der Waals surface area contributed by atoms with Crippen molar-refractivity contribution in [3.8, 4) is 0 Å². The van der Waals surface area contributed by atoms with Crippen LogP contribution in [0.15, 0.2) is 31.0 Å². The fourth-order valence-corrected chi connectivity index (χ4v) is 2.59. The van der Waals surface area contributed by atoms with Gasteiger partial charge in [-0.1, -0.05) is 19.1 Å². The number of amides is 1. The molecule has 0 bridgehead atoms. The van der Waals surface area contributed by atoms with Gasteiger partial charge >= 0.3 is 0 Å². The van der Waals surface area contributed by atoms with Crippen LogP contribution in [0, 0.1) is 0 Å². The molecule has 25 heavy (non-hydrogen) atoms. The standard InChI is InChI=1S/C16H22N8O/c1-3-22(4-2)11-13-9-18-15-14(10-20-24(15)12-13)16(25)17-5-7-23-8-6-19-21-23/h6,8-10,12H,3-5,7,11H2,1-2H3,(H,17,25). The van der Waals surface area contributed by atoms with Gasteiger partial charge in [0.2, 0.25) is 0 Å². The SMILES string of the molecule is CCN(CC)Cc1cnc2c(C(=O)NCCn3ccnn3)cnn2c1. The van der Waals surface area contributed by atoms with Gasteiger partial charge in [-0.25, -0.2) is 9.50 Å². The molecule has 1 N–H and O–H groups in total. The van der Waals surface area contributed by atoms with E-state index in [1.54, 1.807) is 27.8 Å². The van der Waals surface area contributed by atoms with E-state index >= 15 is 0 Å². The third-order valence-corrected chi connectivity index (χ3v) is 4.05. The van der Waals surface area contributed by atoms with Gasteiger partial charge in [-0.3, -0.25) is 14.4 Å². The minimum absolute atomic E-state index is 0.195. The van der Waals surface area contributed by atoms with Gasteiger partial charge in [-0.2, -0.15) is 5.10 Å². The first-order valence-corrected chi connectivity index (χ1v) is 8.38. The van der Waals surface area contributed by atoms with Crippen LogP contribution >= 0.6 is 0 Å². The van der Waals surface area contributed by atoms with E-state index in [1.165, 1.54) is 0 Å². The summed E-state index contributed by atoms with van der Waals surface area (Å²) in [7, 11) is 0. The van der Waals surface area contributed by atoms with E-state index < -0.39 is 0 Å². The molecule has 0 saturated carbocycles. The highest BCUT2D eigenvalue weighted by atomic mass is 16.1. The van der Waals surface area contributed by atoms with Gasteiger partial charge in [0.25, 0.3) is 5.91 Å². The fourth-order valence-electron chi connectivity index (χ4n) is 2.59. The van der Waals surface area contributed by atoms with Crippen molar-refractivity contribution in [3.05, 3.63) is 42.1 Å². The van der Waals surface area contributed by atoms with E-state index in [9.17, 15) is 4.79 Å². The van der Waals surface area contributed by atoms with Crippen LogP contribution in [0.1, 0.15) is 29.8 Å². The summed E-state index contributed by atoms with van der Waals surface area (Å²) >= 11 is 0. The molecule has 3 aromatic heterocycles. The summed E-state index contributed by atoms with van der Waals surface area (Å²) in [5.41, 5.74) is 2.09. The topological polar surface area (TPSA) is 93.2 Å². The molecule has 0 fully saturated rings. The summed E-state index contributed by atoms with van der Waals surface area (Å²) in [4.78, 5) is 19.1. The lowest BCUT2D eigenvalue weighted by molar-refractivity contribution is 0.0953. The number of nitrogens with one attached hydrogen (secondary N) is 1. The number of carbonyl (C=O) groups is 1. The van der Waals surface area contributed by atoms with Crippen molar-refractivity contribution in [1.82, 2.24) is 39.8 Å². The molecule has 9 nitrogen and oxygen atoms in total. The van der Waals surface area contributed by atoms with E-state index in [-0.39, 0.29) is 5.91 Å². The Labute approximate surface area is 145 Å². The predicted octanol–water partition coefficient (Wildman–Crippen LogP) is 0.593. The second-order valence-corrected chi connectivity index (χ2v) is 5.67. The largest absolute Gasteiger partial charge is 0.350 e. The minimum Gasteiger partial charge on any atom is -0.350 e. The third kappa shape index (κ3) is 4.00. The number of carbonyl (C=O) groups excluding carboxylic acids is 1. The maximum Gasteiger partial charge on any atom is 0.256 e. The molecule has 0 aliphatic carbocycles. The maximum atomic E-state index is 12.3. The monoisotopic (exact) mass is 342 g/mol. The zero-order chi connectivity index (χ0) is 17.6. The minimum atomic E-state index is -0.195. The highest BCUT2D eigenvalue weighted by Gasteiger charge is 2.14. The normalized spacial score (nSPS) is 11.3. The molecule has 0 aromatic carbocycles. The number of hydrogen-bond donors (Lipinski definition) is 1. The van der Waals surface area contributed by atoms with Crippen molar-refractivity contribution in [2.45, 2.75) is 26.9 Å². The number of nitrogens with zero attached hydrogens (tertiary/aromatic N) is 7. The molecule has 132 valence electrons. The quantitative estimate of drug-likeness (QED) is 0.644. The summed E-state index contributed by atoms with van der Waals surface area (Å²) in [6.45, 7) is 8.05. The number of rotatable bonds is 8. The van der Waals surface area contributed by atoms with Gasteiger partial charge in [0, 0.05) is 37.2 Å². The van der Waals surface area contributed by atoms with Crippen LogP contribution in [0.3, 0.4) is 0 Å². The Hall–Kier alpha value is -2.81. The number of aromatic nitrogens is 6. The predicted molar refractivity (Wildman–Crippen MR) is 92.0 cm³/mol. The molecular formula is C16H22N8O. The summed E-state index contributed by atoms with van der Waals surface area (Å²) in [6.07, 6.45) is 8.63. The van der Waals surface area contributed by atoms with Gasteiger partial charge in [-0.15, -0.1) is 5.10 Å². The summed E-state index contributed by atoms with van der Waals surface area (Å²) in [5.74, 6) is -0.195. The summed E-state index contributed by atoms with van der Waals surface area (Å²) in [5, 5.41) is 14.7. The lowest BCUT2D eigenvalue weighted by Crippen LogP contribution is -2.27.